The number of allylic oxidation sites excluding steroid dienone is 2. The Morgan fingerprint density at radius 3 is 2.69 bits per heavy atom. The van der Waals surface area contributed by atoms with Crippen LogP contribution in [-0.4, -0.2) is 12.4 Å². The number of ether oxygens (including phenoxy) is 1. The third kappa shape index (κ3) is 2.12. The van der Waals surface area contributed by atoms with E-state index in [0.29, 0.717) is 17.4 Å². The highest BCUT2D eigenvalue weighted by molar-refractivity contribution is 6.30. The molecule has 3 heteroatoms. The van der Waals surface area contributed by atoms with Gasteiger partial charge in [0.1, 0.15) is 0 Å². The molecule has 0 radical (unpaired) electrons. The molecule has 0 saturated heterocycles. The second-order valence-electron chi connectivity index (χ2n) is 3.71. The van der Waals surface area contributed by atoms with Crippen molar-refractivity contribution in [2.75, 3.05) is 6.61 Å². The molecule has 16 heavy (non-hydrogen) atoms. The van der Waals surface area contributed by atoms with Gasteiger partial charge in [-0.15, -0.1) is 0 Å². The first kappa shape index (κ1) is 11.2. The Morgan fingerprint density at radius 2 is 2.06 bits per heavy atom. The number of hydrogen-bond acceptors (Lipinski definition) is 2. The summed E-state index contributed by atoms with van der Waals surface area (Å²) in [6.45, 7) is 2.41. The molecule has 0 fully saturated rings. The molecule has 1 aliphatic carbocycles. The molecule has 0 spiro atoms. The van der Waals surface area contributed by atoms with E-state index < -0.39 is 0 Å². The number of hydrogen-bond donors (Lipinski definition) is 0. The Balaban J connectivity index is 2.14. The third-order valence-corrected chi connectivity index (χ3v) is 2.92. The number of ketones is 1. The van der Waals surface area contributed by atoms with Crippen LogP contribution in [0, 0.1) is 0 Å². The predicted octanol–water partition coefficient (Wildman–Crippen LogP) is 3.32. The van der Waals surface area contributed by atoms with E-state index in [2.05, 4.69) is 0 Å². The molecule has 1 unspecified atom stereocenters. The topological polar surface area (TPSA) is 26.3 Å². The molecule has 1 aromatic carbocycles. The number of Topliss-reactive ketones (excluding diaryl/α,β-unsaturated/α-hetero) is 1. The van der Waals surface area contributed by atoms with Crippen LogP contribution in [0.5, 0.6) is 0 Å². The van der Waals surface area contributed by atoms with Gasteiger partial charge in [-0.2, -0.15) is 0 Å². The Hall–Kier alpha value is -1.28. The molecule has 0 N–H and O–H groups in total. The summed E-state index contributed by atoms with van der Waals surface area (Å²) >= 11 is 5.81. The SMILES string of the molecule is CCOC1=CCC(c2ccc(Cl)cc2)C1=O. The van der Waals surface area contributed by atoms with Crippen LogP contribution in [0.25, 0.3) is 0 Å². The van der Waals surface area contributed by atoms with E-state index in [1.54, 1.807) is 0 Å². The summed E-state index contributed by atoms with van der Waals surface area (Å²) in [5.74, 6) is 0.477. The first-order valence-corrected chi connectivity index (χ1v) is 5.72. The summed E-state index contributed by atoms with van der Waals surface area (Å²) in [5.41, 5.74) is 1.00. The van der Waals surface area contributed by atoms with Gasteiger partial charge >= 0.3 is 0 Å². The Morgan fingerprint density at radius 1 is 1.38 bits per heavy atom. The van der Waals surface area contributed by atoms with Gasteiger partial charge in [-0.1, -0.05) is 23.7 Å². The van der Waals surface area contributed by atoms with Crippen molar-refractivity contribution in [1.82, 2.24) is 0 Å². The average molecular weight is 237 g/mol. The molecule has 1 atom stereocenters. The van der Waals surface area contributed by atoms with Gasteiger partial charge in [-0.3, -0.25) is 4.79 Å². The number of carbonyl (C=O) groups is 1. The predicted molar refractivity (Wildman–Crippen MR) is 63.5 cm³/mol. The van der Waals surface area contributed by atoms with Crippen molar-refractivity contribution in [2.24, 2.45) is 0 Å². The third-order valence-electron chi connectivity index (χ3n) is 2.67. The Bertz CT molecular complexity index is 420. The molecule has 0 aliphatic heterocycles. The van der Waals surface area contributed by atoms with Crippen LogP contribution in [0.4, 0.5) is 0 Å². The maximum Gasteiger partial charge on any atom is 0.204 e. The quantitative estimate of drug-likeness (QED) is 0.805. The maximum atomic E-state index is 12.0. The van der Waals surface area contributed by atoms with E-state index >= 15 is 0 Å². The van der Waals surface area contributed by atoms with Crippen LogP contribution in [0.15, 0.2) is 36.1 Å². The first-order chi connectivity index (χ1) is 7.72. The zero-order valence-corrected chi connectivity index (χ0v) is 9.83. The minimum atomic E-state index is -0.0983. The second-order valence-corrected chi connectivity index (χ2v) is 4.14. The fourth-order valence-corrected chi connectivity index (χ4v) is 2.00. The molecule has 0 bridgehead atoms. The van der Waals surface area contributed by atoms with Crippen molar-refractivity contribution in [3.63, 3.8) is 0 Å². The highest BCUT2D eigenvalue weighted by atomic mass is 35.5. The summed E-state index contributed by atoms with van der Waals surface area (Å²) in [7, 11) is 0. The lowest BCUT2D eigenvalue weighted by Gasteiger charge is -2.09. The molecule has 0 heterocycles. The van der Waals surface area contributed by atoms with Gasteiger partial charge in [-0.05, 0) is 37.1 Å². The minimum Gasteiger partial charge on any atom is -0.490 e. The zero-order valence-electron chi connectivity index (χ0n) is 9.07. The molecule has 2 nitrogen and oxygen atoms in total. The molecule has 1 aliphatic rings. The van der Waals surface area contributed by atoms with Crippen molar-refractivity contribution in [3.05, 3.63) is 46.7 Å². The van der Waals surface area contributed by atoms with Gasteiger partial charge < -0.3 is 4.74 Å². The maximum absolute atomic E-state index is 12.0. The monoisotopic (exact) mass is 236 g/mol. The van der Waals surface area contributed by atoms with Gasteiger partial charge in [-0.25, -0.2) is 0 Å². The molecule has 0 amide bonds. The Kier molecular flexibility index (Phi) is 3.30. The number of carbonyl (C=O) groups excluding carboxylic acids is 1. The highest BCUT2D eigenvalue weighted by Gasteiger charge is 2.29. The van der Waals surface area contributed by atoms with E-state index in [9.17, 15) is 4.79 Å². The lowest BCUT2D eigenvalue weighted by atomic mass is 9.96. The van der Waals surface area contributed by atoms with Gasteiger partial charge in [0.05, 0.1) is 12.5 Å². The number of halogens is 1. The van der Waals surface area contributed by atoms with Gasteiger partial charge in [0, 0.05) is 5.02 Å². The zero-order chi connectivity index (χ0) is 11.5. The van der Waals surface area contributed by atoms with E-state index in [-0.39, 0.29) is 11.7 Å². The van der Waals surface area contributed by atoms with Crippen LogP contribution in [0.2, 0.25) is 5.02 Å². The standard InChI is InChI=1S/C13H13ClO2/c1-2-16-12-8-7-11(13(12)15)9-3-5-10(14)6-4-9/h3-6,8,11H,2,7H2,1H3. The Labute approximate surface area is 99.9 Å². The molecule has 1 aromatic rings. The number of benzene rings is 1. The summed E-state index contributed by atoms with van der Waals surface area (Å²) in [5, 5.41) is 0.687. The normalized spacial score (nSPS) is 19.8. The van der Waals surface area contributed by atoms with Crippen molar-refractivity contribution >= 4 is 17.4 Å². The van der Waals surface area contributed by atoms with Crippen molar-refractivity contribution in [3.8, 4) is 0 Å². The van der Waals surface area contributed by atoms with Crippen LogP contribution in [0.3, 0.4) is 0 Å². The summed E-state index contributed by atoms with van der Waals surface area (Å²) in [6.07, 6.45) is 2.58. The first-order valence-electron chi connectivity index (χ1n) is 5.35. The summed E-state index contributed by atoms with van der Waals surface area (Å²) in [6, 6.07) is 7.41. The van der Waals surface area contributed by atoms with Crippen LogP contribution >= 0.6 is 11.6 Å². The van der Waals surface area contributed by atoms with E-state index in [0.717, 1.165) is 12.0 Å². The fraction of sp³-hybridized carbons (Fsp3) is 0.308. The van der Waals surface area contributed by atoms with E-state index in [4.69, 9.17) is 16.3 Å². The molecular weight excluding hydrogens is 224 g/mol. The molecule has 84 valence electrons. The van der Waals surface area contributed by atoms with Crippen LogP contribution in [-0.2, 0) is 9.53 Å². The summed E-state index contributed by atoms with van der Waals surface area (Å²) < 4.78 is 5.28. The fourth-order valence-electron chi connectivity index (χ4n) is 1.87. The van der Waals surface area contributed by atoms with Crippen molar-refractivity contribution < 1.29 is 9.53 Å². The van der Waals surface area contributed by atoms with E-state index in [1.807, 2.05) is 37.3 Å². The largest absolute Gasteiger partial charge is 0.490 e. The molecular formula is C13H13ClO2. The second kappa shape index (κ2) is 4.71. The molecule has 0 saturated carbocycles. The summed E-state index contributed by atoms with van der Waals surface area (Å²) in [4.78, 5) is 12.0. The van der Waals surface area contributed by atoms with Gasteiger partial charge in [0.2, 0.25) is 5.78 Å². The lowest BCUT2D eigenvalue weighted by Crippen LogP contribution is -2.10. The van der Waals surface area contributed by atoms with Crippen molar-refractivity contribution in [1.29, 1.82) is 0 Å². The lowest BCUT2D eigenvalue weighted by molar-refractivity contribution is -0.119. The minimum absolute atomic E-state index is 0.0733. The van der Waals surface area contributed by atoms with Crippen LogP contribution < -0.4 is 0 Å². The number of rotatable bonds is 3. The van der Waals surface area contributed by atoms with Crippen molar-refractivity contribution in [2.45, 2.75) is 19.3 Å². The van der Waals surface area contributed by atoms with Crippen LogP contribution in [0.1, 0.15) is 24.8 Å². The van der Waals surface area contributed by atoms with Gasteiger partial charge in [0.25, 0.3) is 0 Å². The highest BCUT2D eigenvalue weighted by Crippen LogP contribution is 2.31. The smallest absolute Gasteiger partial charge is 0.204 e. The van der Waals surface area contributed by atoms with E-state index in [1.165, 1.54) is 0 Å². The van der Waals surface area contributed by atoms with Gasteiger partial charge in [0.15, 0.2) is 5.76 Å². The molecule has 0 aromatic heterocycles. The average Bonchev–Trinajstić information content (AvgIpc) is 2.63. The molecule has 2 rings (SSSR count).